The van der Waals surface area contributed by atoms with Gasteiger partial charge in [-0.25, -0.2) is 0 Å². The number of hydrogen-bond donors (Lipinski definition) is 0. The van der Waals surface area contributed by atoms with E-state index < -0.39 is 0 Å². The Morgan fingerprint density at radius 2 is 1.95 bits per heavy atom. The van der Waals surface area contributed by atoms with E-state index in [1.807, 2.05) is 56.3 Å². The smallest absolute Gasteiger partial charge is 0.266 e. The highest BCUT2D eigenvalue weighted by molar-refractivity contribution is 8.26. The van der Waals surface area contributed by atoms with Crippen LogP contribution in [0.15, 0.2) is 29.2 Å². The summed E-state index contributed by atoms with van der Waals surface area (Å²) in [5, 5.41) is 0. The summed E-state index contributed by atoms with van der Waals surface area (Å²) >= 11 is 6.64. The van der Waals surface area contributed by atoms with E-state index >= 15 is 0 Å². The standard InChI is InChI=1S/C15H18N2OS2/c1-4-9-17-14(18)13(20-15(17)19)10-11-5-7-12(8-6-11)16(2)3/h5-8,10H,4,9H2,1-3H3/b13-10-. The number of benzene rings is 1. The van der Waals surface area contributed by atoms with Gasteiger partial charge in [0.1, 0.15) is 4.32 Å². The summed E-state index contributed by atoms with van der Waals surface area (Å²) in [5.41, 5.74) is 2.16. The van der Waals surface area contributed by atoms with Gasteiger partial charge in [0, 0.05) is 26.3 Å². The van der Waals surface area contributed by atoms with Crippen LogP contribution >= 0.6 is 24.0 Å². The van der Waals surface area contributed by atoms with E-state index in [4.69, 9.17) is 12.2 Å². The molecule has 5 heteroatoms. The van der Waals surface area contributed by atoms with E-state index in [9.17, 15) is 4.79 Å². The highest BCUT2D eigenvalue weighted by atomic mass is 32.2. The monoisotopic (exact) mass is 306 g/mol. The number of nitrogens with zero attached hydrogens (tertiary/aromatic N) is 2. The van der Waals surface area contributed by atoms with Crippen LogP contribution in [0, 0.1) is 0 Å². The van der Waals surface area contributed by atoms with E-state index in [0.717, 1.165) is 17.7 Å². The number of amides is 1. The number of carbonyl (C=O) groups is 1. The van der Waals surface area contributed by atoms with E-state index in [1.54, 1.807) is 4.90 Å². The van der Waals surface area contributed by atoms with Crippen molar-refractivity contribution in [2.24, 2.45) is 0 Å². The summed E-state index contributed by atoms with van der Waals surface area (Å²) in [6.07, 6.45) is 2.83. The molecule has 1 aromatic rings. The van der Waals surface area contributed by atoms with Crippen molar-refractivity contribution in [2.45, 2.75) is 13.3 Å². The highest BCUT2D eigenvalue weighted by Gasteiger charge is 2.30. The Hall–Kier alpha value is -1.33. The first-order valence-corrected chi connectivity index (χ1v) is 7.78. The molecule has 0 spiro atoms. The molecular weight excluding hydrogens is 288 g/mol. The van der Waals surface area contributed by atoms with Crippen LogP contribution in [0.1, 0.15) is 18.9 Å². The van der Waals surface area contributed by atoms with Crippen LogP contribution in [0.3, 0.4) is 0 Å². The van der Waals surface area contributed by atoms with Crippen LogP contribution < -0.4 is 4.90 Å². The molecule has 1 saturated heterocycles. The number of carbonyl (C=O) groups excluding carboxylic acids is 1. The van der Waals surface area contributed by atoms with Gasteiger partial charge in [-0.05, 0) is 30.2 Å². The number of hydrogen-bond acceptors (Lipinski definition) is 4. The van der Waals surface area contributed by atoms with Gasteiger partial charge in [-0.2, -0.15) is 0 Å². The Kier molecular flexibility index (Phi) is 4.83. The van der Waals surface area contributed by atoms with Crippen molar-refractivity contribution in [3.63, 3.8) is 0 Å². The van der Waals surface area contributed by atoms with Gasteiger partial charge in [0.05, 0.1) is 4.91 Å². The van der Waals surface area contributed by atoms with Crippen molar-refractivity contribution in [2.75, 3.05) is 25.5 Å². The van der Waals surface area contributed by atoms with Gasteiger partial charge in [-0.15, -0.1) is 0 Å². The first-order valence-electron chi connectivity index (χ1n) is 6.55. The van der Waals surface area contributed by atoms with Crippen molar-refractivity contribution in [3.8, 4) is 0 Å². The Balaban J connectivity index is 2.19. The van der Waals surface area contributed by atoms with Gasteiger partial charge in [-0.1, -0.05) is 43.0 Å². The molecule has 1 fully saturated rings. The van der Waals surface area contributed by atoms with E-state index in [0.29, 0.717) is 15.8 Å². The highest BCUT2D eigenvalue weighted by Crippen LogP contribution is 2.32. The average molecular weight is 306 g/mol. The Labute approximate surface area is 129 Å². The van der Waals surface area contributed by atoms with Crippen molar-refractivity contribution >= 4 is 46.0 Å². The number of thiocarbonyl (C=S) groups is 1. The first-order chi connectivity index (χ1) is 9.52. The van der Waals surface area contributed by atoms with Gasteiger partial charge in [0.25, 0.3) is 5.91 Å². The van der Waals surface area contributed by atoms with E-state index in [-0.39, 0.29) is 5.91 Å². The van der Waals surface area contributed by atoms with E-state index in [1.165, 1.54) is 11.8 Å². The normalized spacial score (nSPS) is 17.1. The zero-order chi connectivity index (χ0) is 14.7. The second-order valence-corrected chi connectivity index (χ2v) is 6.50. The summed E-state index contributed by atoms with van der Waals surface area (Å²) in [6.45, 7) is 2.74. The molecule has 0 aliphatic carbocycles. The minimum Gasteiger partial charge on any atom is -0.378 e. The second-order valence-electron chi connectivity index (χ2n) is 4.82. The van der Waals surface area contributed by atoms with Crippen molar-refractivity contribution < 1.29 is 4.79 Å². The lowest BCUT2D eigenvalue weighted by atomic mass is 10.2. The van der Waals surface area contributed by atoms with Crippen LogP contribution in [0.25, 0.3) is 6.08 Å². The van der Waals surface area contributed by atoms with Gasteiger partial charge in [0.15, 0.2) is 0 Å². The van der Waals surface area contributed by atoms with Gasteiger partial charge < -0.3 is 4.90 Å². The summed E-state index contributed by atoms with van der Waals surface area (Å²) in [6, 6.07) is 8.11. The zero-order valence-corrected chi connectivity index (χ0v) is 13.6. The molecule has 0 unspecified atom stereocenters. The summed E-state index contributed by atoms with van der Waals surface area (Å²) in [5.74, 6) is 0.0264. The topological polar surface area (TPSA) is 23.6 Å². The molecule has 1 heterocycles. The molecule has 0 atom stereocenters. The van der Waals surface area contributed by atoms with Gasteiger partial charge in [0.2, 0.25) is 0 Å². The largest absolute Gasteiger partial charge is 0.378 e. The third kappa shape index (κ3) is 3.22. The van der Waals surface area contributed by atoms with Crippen molar-refractivity contribution in [3.05, 3.63) is 34.7 Å². The quantitative estimate of drug-likeness (QED) is 0.628. The first kappa shape index (κ1) is 15.1. The molecule has 1 aromatic carbocycles. The summed E-state index contributed by atoms with van der Waals surface area (Å²) < 4.78 is 0.660. The molecular formula is C15H18N2OS2. The lowest BCUT2D eigenvalue weighted by Gasteiger charge is -2.12. The lowest BCUT2D eigenvalue weighted by Crippen LogP contribution is -2.28. The van der Waals surface area contributed by atoms with Crippen LogP contribution in [0.5, 0.6) is 0 Å². The maximum Gasteiger partial charge on any atom is 0.266 e. The molecule has 2 rings (SSSR count). The Bertz CT molecular complexity index is 549. The number of rotatable bonds is 4. The predicted octanol–water partition coefficient (Wildman–Crippen LogP) is 3.36. The Morgan fingerprint density at radius 3 is 2.50 bits per heavy atom. The molecule has 1 aliphatic rings. The SMILES string of the molecule is CCCN1C(=O)/C(=C/c2ccc(N(C)C)cc2)SC1=S. The minimum absolute atomic E-state index is 0.0264. The molecule has 1 amide bonds. The third-order valence-corrected chi connectivity index (χ3v) is 4.41. The zero-order valence-electron chi connectivity index (χ0n) is 11.9. The maximum absolute atomic E-state index is 12.2. The minimum atomic E-state index is 0.0264. The average Bonchev–Trinajstić information content (AvgIpc) is 2.67. The lowest BCUT2D eigenvalue weighted by molar-refractivity contribution is -0.122. The van der Waals surface area contributed by atoms with Crippen molar-refractivity contribution in [1.29, 1.82) is 0 Å². The van der Waals surface area contributed by atoms with E-state index in [2.05, 4.69) is 0 Å². The molecule has 0 aromatic heterocycles. The molecule has 1 aliphatic heterocycles. The molecule has 0 saturated carbocycles. The van der Waals surface area contributed by atoms with Crippen LogP contribution in [-0.2, 0) is 4.79 Å². The third-order valence-electron chi connectivity index (χ3n) is 3.03. The van der Waals surface area contributed by atoms with Crippen LogP contribution in [-0.4, -0.2) is 35.8 Å². The molecule has 3 nitrogen and oxygen atoms in total. The molecule has 0 N–H and O–H groups in total. The van der Waals surface area contributed by atoms with Crippen LogP contribution in [0.2, 0.25) is 0 Å². The van der Waals surface area contributed by atoms with Gasteiger partial charge in [-0.3, -0.25) is 9.69 Å². The fourth-order valence-corrected chi connectivity index (χ4v) is 3.25. The molecule has 20 heavy (non-hydrogen) atoms. The summed E-state index contributed by atoms with van der Waals surface area (Å²) in [7, 11) is 4.01. The predicted molar refractivity (Wildman–Crippen MR) is 90.9 cm³/mol. The molecule has 0 radical (unpaired) electrons. The molecule has 0 bridgehead atoms. The Morgan fingerprint density at radius 1 is 1.30 bits per heavy atom. The fourth-order valence-electron chi connectivity index (χ4n) is 1.94. The maximum atomic E-state index is 12.2. The fraction of sp³-hybridized carbons (Fsp3) is 0.333. The van der Waals surface area contributed by atoms with Gasteiger partial charge >= 0.3 is 0 Å². The summed E-state index contributed by atoms with van der Waals surface area (Å²) in [4.78, 5) is 16.7. The number of thioether (sulfide) groups is 1. The number of anilines is 1. The van der Waals surface area contributed by atoms with Crippen molar-refractivity contribution in [1.82, 2.24) is 4.90 Å². The van der Waals surface area contributed by atoms with Crippen LogP contribution in [0.4, 0.5) is 5.69 Å². The second kappa shape index (κ2) is 6.41. The molecule has 106 valence electrons.